The first-order valence-corrected chi connectivity index (χ1v) is 9.19. The van der Waals surface area contributed by atoms with Gasteiger partial charge in [0.15, 0.2) is 0 Å². The van der Waals surface area contributed by atoms with Crippen LogP contribution in [0.4, 0.5) is 11.4 Å². The van der Waals surface area contributed by atoms with E-state index >= 15 is 0 Å². The molecule has 0 unspecified atom stereocenters. The van der Waals surface area contributed by atoms with Gasteiger partial charge in [-0.2, -0.15) is 0 Å². The van der Waals surface area contributed by atoms with E-state index in [2.05, 4.69) is 15.4 Å². The molecule has 0 radical (unpaired) electrons. The molecule has 2 N–H and O–H groups in total. The number of nitrogens with one attached hydrogen (secondary N) is 2. The van der Waals surface area contributed by atoms with Crippen molar-refractivity contribution in [2.45, 2.75) is 0 Å². The van der Waals surface area contributed by atoms with Crippen molar-refractivity contribution in [1.29, 1.82) is 0 Å². The number of amides is 2. The second kappa shape index (κ2) is 9.84. The maximum atomic E-state index is 12.4. The molecule has 0 saturated heterocycles. The van der Waals surface area contributed by atoms with E-state index in [0.717, 1.165) is 5.56 Å². The highest BCUT2D eigenvalue weighted by atomic mass is 16.5. The lowest BCUT2D eigenvalue weighted by molar-refractivity contribution is -0.111. The molecule has 2 amide bonds. The molecule has 30 heavy (non-hydrogen) atoms. The Hall–Kier alpha value is -4.19. The third-order valence-electron chi connectivity index (χ3n) is 4.18. The molecule has 6 heteroatoms. The largest absolute Gasteiger partial charge is 0.465 e. The molecule has 0 saturated carbocycles. The van der Waals surface area contributed by atoms with Gasteiger partial charge < -0.3 is 15.4 Å². The Kier molecular flexibility index (Phi) is 6.74. The van der Waals surface area contributed by atoms with Crippen LogP contribution in [0.5, 0.6) is 0 Å². The van der Waals surface area contributed by atoms with E-state index in [9.17, 15) is 14.4 Å². The van der Waals surface area contributed by atoms with Crippen LogP contribution in [0.25, 0.3) is 6.08 Å². The SMILES string of the molecule is COC(=O)c1cccc(NC(=O)c2ccc(NC(=O)/C=C/c3ccccc3)cc2)c1. The van der Waals surface area contributed by atoms with Crippen LogP contribution in [0.15, 0.2) is 84.9 Å². The summed E-state index contributed by atoms with van der Waals surface area (Å²) < 4.78 is 4.68. The van der Waals surface area contributed by atoms with Gasteiger partial charge in [-0.15, -0.1) is 0 Å². The smallest absolute Gasteiger partial charge is 0.337 e. The molecule has 3 aromatic carbocycles. The van der Waals surface area contributed by atoms with Gasteiger partial charge in [-0.3, -0.25) is 9.59 Å². The Morgan fingerprint density at radius 1 is 0.767 bits per heavy atom. The maximum Gasteiger partial charge on any atom is 0.337 e. The monoisotopic (exact) mass is 400 g/mol. The lowest BCUT2D eigenvalue weighted by Crippen LogP contribution is -2.13. The maximum absolute atomic E-state index is 12.4. The lowest BCUT2D eigenvalue weighted by atomic mass is 10.1. The average Bonchev–Trinajstić information content (AvgIpc) is 2.78. The molecule has 0 aliphatic carbocycles. The molecule has 0 aliphatic heterocycles. The zero-order valence-electron chi connectivity index (χ0n) is 16.3. The first-order chi connectivity index (χ1) is 14.5. The summed E-state index contributed by atoms with van der Waals surface area (Å²) in [6.07, 6.45) is 3.17. The minimum atomic E-state index is -0.479. The number of anilines is 2. The summed E-state index contributed by atoms with van der Waals surface area (Å²) in [6, 6.07) is 22.5. The number of methoxy groups -OCH3 is 1. The minimum Gasteiger partial charge on any atom is -0.465 e. The summed E-state index contributed by atoms with van der Waals surface area (Å²) in [5, 5.41) is 5.48. The number of rotatable bonds is 6. The summed E-state index contributed by atoms with van der Waals surface area (Å²) in [5.41, 5.74) is 2.73. The third kappa shape index (κ3) is 5.65. The predicted molar refractivity (Wildman–Crippen MR) is 116 cm³/mol. The van der Waals surface area contributed by atoms with Crippen LogP contribution >= 0.6 is 0 Å². The van der Waals surface area contributed by atoms with Crippen molar-refractivity contribution in [1.82, 2.24) is 0 Å². The van der Waals surface area contributed by atoms with Gasteiger partial charge in [0.1, 0.15) is 0 Å². The molecular formula is C24H20N2O4. The minimum absolute atomic E-state index is 0.268. The molecule has 3 aromatic rings. The van der Waals surface area contributed by atoms with Gasteiger partial charge in [-0.25, -0.2) is 4.79 Å². The van der Waals surface area contributed by atoms with Gasteiger partial charge in [0.25, 0.3) is 5.91 Å². The van der Waals surface area contributed by atoms with E-state index in [1.165, 1.54) is 19.3 Å². The number of hydrogen-bond donors (Lipinski definition) is 2. The third-order valence-corrected chi connectivity index (χ3v) is 4.18. The van der Waals surface area contributed by atoms with Crippen molar-refractivity contribution in [2.24, 2.45) is 0 Å². The topological polar surface area (TPSA) is 84.5 Å². The van der Waals surface area contributed by atoms with Crippen LogP contribution in [0.1, 0.15) is 26.3 Å². The Balaban J connectivity index is 1.60. The van der Waals surface area contributed by atoms with Crippen LogP contribution in [-0.4, -0.2) is 24.9 Å². The number of benzene rings is 3. The number of hydrogen-bond acceptors (Lipinski definition) is 4. The normalized spacial score (nSPS) is 10.4. The fourth-order valence-electron chi connectivity index (χ4n) is 2.67. The highest BCUT2D eigenvalue weighted by Gasteiger charge is 2.09. The van der Waals surface area contributed by atoms with Crippen molar-refractivity contribution >= 4 is 35.2 Å². The highest BCUT2D eigenvalue weighted by molar-refractivity contribution is 6.06. The first kappa shape index (κ1) is 20.5. The summed E-state index contributed by atoms with van der Waals surface area (Å²) in [4.78, 5) is 36.1. The molecule has 0 atom stereocenters. The van der Waals surface area contributed by atoms with Crippen molar-refractivity contribution in [3.63, 3.8) is 0 Å². The number of ether oxygens (including phenoxy) is 1. The number of carbonyl (C=O) groups excluding carboxylic acids is 3. The molecule has 0 fully saturated rings. The Labute approximate surface area is 174 Å². The fraction of sp³-hybridized carbons (Fsp3) is 0.0417. The quantitative estimate of drug-likeness (QED) is 0.475. The van der Waals surface area contributed by atoms with Crippen molar-refractivity contribution < 1.29 is 19.1 Å². The summed E-state index contributed by atoms with van der Waals surface area (Å²) in [5.74, 6) is -1.08. The average molecular weight is 400 g/mol. The molecule has 0 bridgehead atoms. The van der Waals surface area contributed by atoms with Crippen molar-refractivity contribution in [2.75, 3.05) is 17.7 Å². The van der Waals surface area contributed by atoms with Crippen LogP contribution in [0, 0.1) is 0 Å². The van der Waals surface area contributed by atoms with Gasteiger partial charge in [0.2, 0.25) is 5.91 Å². The second-order valence-electron chi connectivity index (χ2n) is 6.34. The Morgan fingerprint density at radius 3 is 2.20 bits per heavy atom. The van der Waals surface area contributed by atoms with E-state index < -0.39 is 5.97 Å². The fourth-order valence-corrected chi connectivity index (χ4v) is 2.67. The Morgan fingerprint density at radius 2 is 1.50 bits per heavy atom. The molecule has 6 nitrogen and oxygen atoms in total. The van der Waals surface area contributed by atoms with Crippen molar-refractivity contribution in [3.8, 4) is 0 Å². The van der Waals surface area contributed by atoms with Crippen LogP contribution in [0.2, 0.25) is 0 Å². The molecule has 0 aliphatic rings. The van der Waals surface area contributed by atoms with Gasteiger partial charge in [-0.1, -0.05) is 36.4 Å². The molecule has 3 rings (SSSR count). The zero-order chi connectivity index (χ0) is 21.3. The van der Waals surface area contributed by atoms with Crippen LogP contribution in [0.3, 0.4) is 0 Å². The molecular weight excluding hydrogens is 380 g/mol. The summed E-state index contributed by atoms with van der Waals surface area (Å²) >= 11 is 0. The molecule has 0 spiro atoms. The molecule has 0 heterocycles. The van der Waals surface area contributed by atoms with Gasteiger partial charge >= 0.3 is 5.97 Å². The summed E-state index contributed by atoms with van der Waals surface area (Å²) in [6.45, 7) is 0. The Bertz CT molecular complexity index is 1070. The molecule has 0 aromatic heterocycles. The van der Waals surface area contributed by atoms with E-state index in [1.54, 1.807) is 48.5 Å². The van der Waals surface area contributed by atoms with Gasteiger partial charge in [-0.05, 0) is 54.1 Å². The standard InChI is InChI=1S/C24H20N2O4/c1-30-24(29)19-8-5-9-21(16-19)26-23(28)18-11-13-20(14-12-18)25-22(27)15-10-17-6-3-2-4-7-17/h2-16H,1H3,(H,25,27)(H,26,28)/b15-10+. The van der Waals surface area contributed by atoms with E-state index in [-0.39, 0.29) is 11.8 Å². The van der Waals surface area contributed by atoms with Crippen LogP contribution < -0.4 is 10.6 Å². The first-order valence-electron chi connectivity index (χ1n) is 9.19. The van der Waals surface area contributed by atoms with Gasteiger partial charge in [0, 0.05) is 23.0 Å². The number of esters is 1. The van der Waals surface area contributed by atoms with Gasteiger partial charge in [0.05, 0.1) is 12.7 Å². The summed E-state index contributed by atoms with van der Waals surface area (Å²) in [7, 11) is 1.30. The highest BCUT2D eigenvalue weighted by Crippen LogP contribution is 2.15. The zero-order valence-corrected chi connectivity index (χ0v) is 16.3. The van der Waals surface area contributed by atoms with E-state index in [0.29, 0.717) is 22.5 Å². The van der Waals surface area contributed by atoms with E-state index in [1.807, 2.05) is 30.3 Å². The predicted octanol–water partition coefficient (Wildman–Crippen LogP) is 4.38. The number of carbonyl (C=O) groups is 3. The lowest BCUT2D eigenvalue weighted by Gasteiger charge is -2.08. The van der Waals surface area contributed by atoms with E-state index in [4.69, 9.17) is 0 Å². The van der Waals surface area contributed by atoms with Crippen LogP contribution in [-0.2, 0) is 9.53 Å². The second-order valence-corrected chi connectivity index (χ2v) is 6.34. The van der Waals surface area contributed by atoms with Crippen molar-refractivity contribution in [3.05, 3.63) is 102 Å². The molecule has 150 valence electrons.